The van der Waals surface area contributed by atoms with Gasteiger partial charge in [0.1, 0.15) is 11.5 Å². The molecule has 2 heterocycles. The predicted molar refractivity (Wildman–Crippen MR) is 70.8 cm³/mol. The fourth-order valence-electron chi connectivity index (χ4n) is 2.04. The number of rotatable bonds is 4. The number of aromatic nitrogens is 4. The Morgan fingerprint density at radius 2 is 2.00 bits per heavy atom. The zero-order valence-corrected chi connectivity index (χ0v) is 11.1. The highest BCUT2D eigenvalue weighted by atomic mass is 15.0. The molecular formula is C13H19N5. The summed E-state index contributed by atoms with van der Waals surface area (Å²) in [6, 6.07) is 0. The van der Waals surface area contributed by atoms with Gasteiger partial charge in [0.25, 0.3) is 0 Å². The summed E-state index contributed by atoms with van der Waals surface area (Å²) in [6.07, 6.45) is 7.04. The summed E-state index contributed by atoms with van der Waals surface area (Å²) < 4.78 is 0. The fraction of sp³-hybridized carbons (Fsp3) is 0.462. The number of nitrogens with one attached hydrogen (secondary N) is 1. The molecule has 0 aromatic carbocycles. The van der Waals surface area contributed by atoms with E-state index in [4.69, 9.17) is 5.73 Å². The molecule has 18 heavy (non-hydrogen) atoms. The first-order valence-electron chi connectivity index (χ1n) is 6.17. The minimum absolute atomic E-state index is 0.427. The molecule has 0 aliphatic heterocycles. The lowest BCUT2D eigenvalue weighted by Crippen LogP contribution is -2.34. The molecule has 1 atom stereocenters. The Kier molecular flexibility index (Phi) is 3.43. The summed E-state index contributed by atoms with van der Waals surface area (Å²) in [4.78, 5) is 16.2. The van der Waals surface area contributed by atoms with E-state index in [0.717, 1.165) is 35.7 Å². The maximum Gasteiger partial charge on any atom is 0.126 e. The van der Waals surface area contributed by atoms with Crippen molar-refractivity contribution < 1.29 is 0 Å². The first-order valence-corrected chi connectivity index (χ1v) is 6.17. The van der Waals surface area contributed by atoms with Gasteiger partial charge in [0, 0.05) is 12.4 Å². The number of H-pyrrole nitrogens is 1. The third-order valence-electron chi connectivity index (χ3n) is 3.02. The van der Waals surface area contributed by atoms with Gasteiger partial charge >= 0.3 is 0 Å². The molecule has 0 fully saturated rings. The molecule has 3 N–H and O–H groups in total. The number of aryl methyl sites for hydroxylation is 1. The maximum atomic E-state index is 6.25. The first kappa shape index (κ1) is 12.7. The molecule has 2 aromatic rings. The van der Waals surface area contributed by atoms with Gasteiger partial charge in [-0.25, -0.2) is 4.98 Å². The van der Waals surface area contributed by atoms with Crippen molar-refractivity contribution in [3.63, 3.8) is 0 Å². The van der Waals surface area contributed by atoms with Crippen molar-refractivity contribution in [2.24, 2.45) is 5.73 Å². The number of imidazole rings is 1. The van der Waals surface area contributed by atoms with E-state index in [1.54, 1.807) is 18.6 Å². The molecule has 2 aromatic heterocycles. The summed E-state index contributed by atoms with van der Waals surface area (Å²) in [5.74, 6) is 0.796. The maximum absolute atomic E-state index is 6.25. The van der Waals surface area contributed by atoms with E-state index < -0.39 is 5.54 Å². The standard InChI is InChI=1S/C13H19N5/c1-4-5-13(3,14)12-17-8-10(18-12)11-9(2)15-6-7-16-11/h6-8H,4-5,14H2,1-3H3,(H,17,18). The summed E-state index contributed by atoms with van der Waals surface area (Å²) in [7, 11) is 0. The molecule has 0 spiro atoms. The van der Waals surface area contributed by atoms with Crippen LogP contribution in [0.5, 0.6) is 0 Å². The highest BCUT2D eigenvalue weighted by Crippen LogP contribution is 2.24. The van der Waals surface area contributed by atoms with E-state index in [1.807, 2.05) is 13.8 Å². The second-order valence-electron chi connectivity index (χ2n) is 4.80. The third-order valence-corrected chi connectivity index (χ3v) is 3.02. The van der Waals surface area contributed by atoms with Gasteiger partial charge in [-0.15, -0.1) is 0 Å². The molecule has 0 saturated carbocycles. The van der Waals surface area contributed by atoms with E-state index in [0.29, 0.717) is 0 Å². The Hall–Kier alpha value is -1.75. The zero-order chi connectivity index (χ0) is 13.2. The molecule has 5 nitrogen and oxygen atoms in total. The Balaban J connectivity index is 2.34. The first-order chi connectivity index (χ1) is 8.54. The molecule has 0 saturated heterocycles. The van der Waals surface area contributed by atoms with Crippen LogP contribution in [-0.2, 0) is 5.54 Å². The van der Waals surface area contributed by atoms with Gasteiger partial charge < -0.3 is 10.7 Å². The Bertz CT molecular complexity index is 530. The molecular weight excluding hydrogens is 226 g/mol. The molecule has 96 valence electrons. The average molecular weight is 245 g/mol. The van der Waals surface area contributed by atoms with Crippen molar-refractivity contribution in [2.45, 2.75) is 39.2 Å². The van der Waals surface area contributed by atoms with E-state index in [1.165, 1.54) is 0 Å². The van der Waals surface area contributed by atoms with Crippen LogP contribution in [0.25, 0.3) is 11.4 Å². The van der Waals surface area contributed by atoms with Crippen molar-refractivity contribution in [2.75, 3.05) is 0 Å². The third kappa shape index (κ3) is 2.41. The van der Waals surface area contributed by atoms with Crippen LogP contribution in [0.15, 0.2) is 18.6 Å². The van der Waals surface area contributed by atoms with Gasteiger partial charge in [-0.1, -0.05) is 13.3 Å². The number of hydrogen-bond acceptors (Lipinski definition) is 4. The topological polar surface area (TPSA) is 80.5 Å². The average Bonchev–Trinajstić information content (AvgIpc) is 2.79. The van der Waals surface area contributed by atoms with Gasteiger partial charge in [-0.05, 0) is 20.3 Å². The van der Waals surface area contributed by atoms with E-state index in [-0.39, 0.29) is 0 Å². The number of nitrogens with two attached hydrogens (primary N) is 1. The van der Waals surface area contributed by atoms with Crippen molar-refractivity contribution >= 4 is 0 Å². The second-order valence-corrected chi connectivity index (χ2v) is 4.80. The molecule has 2 rings (SSSR count). The number of nitrogens with zero attached hydrogens (tertiary/aromatic N) is 3. The molecule has 0 radical (unpaired) electrons. The van der Waals surface area contributed by atoms with Crippen LogP contribution >= 0.6 is 0 Å². The van der Waals surface area contributed by atoms with Crippen LogP contribution in [0.3, 0.4) is 0 Å². The smallest absolute Gasteiger partial charge is 0.126 e. The van der Waals surface area contributed by atoms with Gasteiger partial charge in [0.15, 0.2) is 0 Å². The number of hydrogen-bond donors (Lipinski definition) is 2. The van der Waals surface area contributed by atoms with Gasteiger partial charge in [0.2, 0.25) is 0 Å². The van der Waals surface area contributed by atoms with Crippen LogP contribution in [0.1, 0.15) is 38.2 Å². The molecule has 1 unspecified atom stereocenters. The summed E-state index contributed by atoms with van der Waals surface area (Å²) in [5.41, 5.74) is 8.38. The lowest BCUT2D eigenvalue weighted by molar-refractivity contribution is 0.423. The van der Waals surface area contributed by atoms with Gasteiger partial charge in [-0.2, -0.15) is 0 Å². The van der Waals surface area contributed by atoms with Crippen molar-refractivity contribution in [1.29, 1.82) is 0 Å². The van der Waals surface area contributed by atoms with Crippen LogP contribution in [0.2, 0.25) is 0 Å². The molecule has 0 bridgehead atoms. The SMILES string of the molecule is CCCC(C)(N)c1ncc(-c2nccnc2C)[nH]1. The quantitative estimate of drug-likeness (QED) is 0.864. The van der Waals surface area contributed by atoms with Crippen molar-refractivity contribution in [3.8, 4) is 11.4 Å². The van der Waals surface area contributed by atoms with Crippen LogP contribution in [0, 0.1) is 6.92 Å². The zero-order valence-electron chi connectivity index (χ0n) is 11.1. The minimum Gasteiger partial charge on any atom is -0.339 e. The molecule has 0 aliphatic rings. The van der Waals surface area contributed by atoms with Crippen LogP contribution in [-0.4, -0.2) is 19.9 Å². The molecule has 0 amide bonds. The lowest BCUT2D eigenvalue weighted by Gasteiger charge is -2.21. The predicted octanol–water partition coefficient (Wildman–Crippen LogP) is 2.15. The lowest BCUT2D eigenvalue weighted by atomic mass is 9.97. The van der Waals surface area contributed by atoms with E-state index >= 15 is 0 Å². The van der Waals surface area contributed by atoms with E-state index in [9.17, 15) is 0 Å². The second kappa shape index (κ2) is 4.86. The molecule has 5 heteroatoms. The summed E-state index contributed by atoms with van der Waals surface area (Å²) in [5, 5.41) is 0. The highest BCUT2D eigenvalue weighted by molar-refractivity contribution is 5.55. The number of aromatic amines is 1. The summed E-state index contributed by atoms with van der Waals surface area (Å²) >= 11 is 0. The van der Waals surface area contributed by atoms with Gasteiger partial charge in [-0.3, -0.25) is 9.97 Å². The molecule has 0 aliphatic carbocycles. The largest absolute Gasteiger partial charge is 0.339 e. The Morgan fingerprint density at radius 3 is 2.67 bits per heavy atom. The van der Waals surface area contributed by atoms with Crippen LogP contribution in [0.4, 0.5) is 0 Å². The van der Waals surface area contributed by atoms with Crippen LogP contribution < -0.4 is 5.73 Å². The fourth-order valence-corrected chi connectivity index (χ4v) is 2.04. The van der Waals surface area contributed by atoms with Gasteiger partial charge in [0.05, 0.1) is 23.1 Å². The normalized spacial score (nSPS) is 14.4. The Labute approximate surface area is 107 Å². The van der Waals surface area contributed by atoms with Crippen molar-refractivity contribution in [3.05, 3.63) is 30.1 Å². The summed E-state index contributed by atoms with van der Waals surface area (Å²) in [6.45, 7) is 6.03. The minimum atomic E-state index is -0.427. The highest BCUT2D eigenvalue weighted by Gasteiger charge is 2.24. The Morgan fingerprint density at radius 1 is 1.28 bits per heavy atom. The van der Waals surface area contributed by atoms with E-state index in [2.05, 4.69) is 26.9 Å². The van der Waals surface area contributed by atoms with Crippen molar-refractivity contribution in [1.82, 2.24) is 19.9 Å². The monoisotopic (exact) mass is 245 g/mol.